The van der Waals surface area contributed by atoms with Crippen LogP contribution in [0.1, 0.15) is 5.82 Å². The van der Waals surface area contributed by atoms with Crippen molar-refractivity contribution in [1.29, 1.82) is 0 Å². The van der Waals surface area contributed by atoms with Crippen molar-refractivity contribution >= 4 is 11.6 Å². The summed E-state index contributed by atoms with van der Waals surface area (Å²) in [5.74, 6) is 1.56. The van der Waals surface area contributed by atoms with Crippen LogP contribution in [0.5, 0.6) is 0 Å². The van der Waals surface area contributed by atoms with Crippen LogP contribution in [0.3, 0.4) is 0 Å². The van der Waals surface area contributed by atoms with Crippen LogP contribution in [-0.2, 0) is 13.1 Å². The van der Waals surface area contributed by atoms with Crippen LogP contribution in [0.25, 0.3) is 5.65 Å². The van der Waals surface area contributed by atoms with Crippen molar-refractivity contribution in [3.8, 4) is 0 Å². The number of fused-ring (bicyclic) bond motifs is 1. The fourth-order valence-corrected chi connectivity index (χ4v) is 2.12. The van der Waals surface area contributed by atoms with Crippen molar-refractivity contribution in [3.05, 3.63) is 48.7 Å². The molecular formula is C14H18N8. The molecule has 114 valence electrons. The number of nitrogens with one attached hydrogen (secondary N) is 2. The third-order valence-electron chi connectivity index (χ3n) is 3.21. The number of guanidine groups is 1. The quantitative estimate of drug-likeness (QED) is 0.522. The Hall–Kier alpha value is -2.90. The topological polar surface area (TPSA) is 84.4 Å². The Kier molecular flexibility index (Phi) is 4.28. The second kappa shape index (κ2) is 6.70. The summed E-state index contributed by atoms with van der Waals surface area (Å²) in [6.07, 6.45) is 5.64. The lowest BCUT2D eigenvalue weighted by atomic mass is 10.4. The molecule has 3 heterocycles. The molecule has 0 radical (unpaired) electrons. The number of hydrogen-bond donors (Lipinski definition) is 2. The molecule has 3 aromatic rings. The minimum Gasteiger partial charge on any atom is -0.355 e. The average molecular weight is 298 g/mol. The summed E-state index contributed by atoms with van der Waals surface area (Å²) in [4.78, 5) is 4.19. The first-order valence-electron chi connectivity index (χ1n) is 7.07. The Morgan fingerprint density at radius 3 is 2.95 bits per heavy atom. The van der Waals surface area contributed by atoms with Crippen LogP contribution in [0.15, 0.2) is 47.8 Å². The van der Waals surface area contributed by atoms with E-state index in [1.54, 1.807) is 13.2 Å². The Balaban J connectivity index is 1.52. The molecule has 0 aliphatic heterocycles. The molecule has 8 nitrogen and oxygen atoms in total. The van der Waals surface area contributed by atoms with Crippen molar-refractivity contribution < 1.29 is 0 Å². The van der Waals surface area contributed by atoms with Gasteiger partial charge in [0.2, 0.25) is 0 Å². The Morgan fingerprint density at radius 1 is 1.18 bits per heavy atom. The summed E-state index contributed by atoms with van der Waals surface area (Å²) in [6.45, 7) is 2.07. The Morgan fingerprint density at radius 2 is 2.14 bits per heavy atom. The number of aromatic nitrogens is 5. The second-order valence-corrected chi connectivity index (χ2v) is 4.67. The highest BCUT2D eigenvalue weighted by Crippen LogP contribution is 2.02. The maximum Gasteiger partial charge on any atom is 0.191 e. The first-order chi connectivity index (χ1) is 10.9. The van der Waals surface area contributed by atoms with E-state index >= 15 is 0 Å². The number of nitrogens with zero attached hydrogens (tertiary/aromatic N) is 6. The zero-order valence-corrected chi connectivity index (χ0v) is 12.3. The van der Waals surface area contributed by atoms with E-state index in [4.69, 9.17) is 0 Å². The van der Waals surface area contributed by atoms with Crippen molar-refractivity contribution in [2.75, 3.05) is 13.6 Å². The highest BCUT2D eigenvalue weighted by atomic mass is 15.3. The lowest BCUT2D eigenvalue weighted by molar-refractivity contribution is 0.597. The second-order valence-electron chi connectivity index (χ2n) is 4.67. The number of rotatable bonds is 5. The van der Waals surface area contributed by atoms with E-state index in [0.717, 1.165) is 30.5 Å². The van der Waals surface area contributed by atoms with E-state index < -0.39 is 0 Å². The van der Waals surface area contributed by atoms with Crippen molar-refractivity contribution in [2.45, 2.75) is 13.1 Å². The number of hydrogen-bond acceptors (Lipinski definition) is 4. The van der Waals surface area contributed by atoms with Gasteiger partial charge in [-0.25, -0.2) is 0 Å². The molecule has 0 aliphatic rings. The van der Waals surface area contributed by atoms with Crippen molar-refractivity contribution in [3.63, 3.8) is 0 Å². The molecule has 0 saturated heterocycles. The fraction of sp³-hybridized carbons (Fsp3) is 0.286. The summed E-state index contributed by atoms with van der Waals surface area (Å²) in [5.41, 5.74) is 0.834. The maximum atomic E-state index is 4.19. The smallest absolute Gasteiger partial charge is 0.191 e. The molecule has 0 unspecified atom stereocenters. The molecule has 22 heavy (non-hydrogen) atoms. The highest BCUT2D eigenvalue weighted by Gasteiger charge is 2.05. The molecule has 0 fully saturated rings. The van der Waals surface area contributed by atoms with E-state index in [1.165, 1.54) is 0 Å². The molecule has 3 aromatic heterocycles. The van der Waals surface area contributed by atoms with Crippen LogP contribution >= 0.6 is 0 Å². The van der Waals surface area contributed by atoms with Gasteiger partial charge in [0, 0.05) is 32.2 Å². The van der Waals surface area contributed by atoms with Crippen molar-refractivity contribution in [2.24, 2.45) is 4.99 Å². The van der Waals surface area contributed by atoms with Crippen molar-refractivity contribution in [1.82, 2.24) is 35.0 Å². The SMILES string of the molecule is CN=C(NCCn1cccn1)NCc1nnc2ccccn12. The monoisotopic (exact) mass is 298 g/mol. The largest absolute Gasteiger partial charge is 0.355 e. The number of aliphatic imine (C=N–C) groups is 1. The van der Waals surface area contributed by atoms with Gasteiger partial charge in [-0.15, -0.1) is 10.2 Å². The van der Waals surface area contributed by atoms with Gasteiger partial charge >= 0.3 is 0 Å². The molecule has 0 atom stereocenters. The summed E-state index contributed by atoms with van der Waals surface area (Å²) < 4.78 is 3.82. The summed E-state index contributed by atoms with van der Waals surface area (Å²) in [5, 5.41) is 18.9. The zero-order valence-electron chi connectivity index (χ0n) is 12.3. The summed E-state index contributed by atoms with van der Waals surface area (Å²) in [7, 11) is 1.74. The van der Waals surface area contributed by atoms with Gasteiger partial charge in [0.15, 0.2) is 17.4 Å². The Bertz CT molecular complexity index is 743. The van der Waals surface area contributed by atoms with Gasteiger partial charge in [-0.05, 0) is 18.2 Å². The molecule has 0 bridgehead atoms. The lowest BCUT2D eigenvalue weighted by Gasteiger charge is -2.11. The number of pyridine rings is 1. The molecule has 8 heteroatoms. The predicted octanol–water partition coefficient (Wildman–Crippen LogP) is 0.291. The van der Waals surface area contributed by atoms with Crippen LogP contribution in [0.2, 0.25) is 0 Å². The molecular weight excluding hydrogens is 280 g/mol. The van der Waals surface area contributed by atoms with Crippen LogP contribution in [0, 0.1) is 0 Å². The minimum absolute atomic E-state index is 0.548. The standard InChI is InChI=1S/C14H18N8/c1-15-14(16-7-10-21-8-4-6-18-21)17-11-13-20-19-12-5-2-3-9-22(12)13/h2-6,8-9H,7,10-11H2,1H3,(H2,15,16,17). The van der Waals surface area contributed by atoms with Gasteiger partial charge in [-0.2, -0.15) is 5.10 Å². The van der Waals surface area contributed by atoms with Gasteiger partial charge < -0.3 is 10.6 Å². The summed E-state index contributed by atoms with van der Waals surface area (Å²) >= 11 is 0. The highest BCUT2D eigenvalue weighted by molar-refractivity contribution is 5.79. The average Bonchev–Trinajstić information content (AvgIpc) is 3.20. The van der Waals surface area contributed by atoms with E-state index in [9.17, 15) is 0 Å². The van der Waals surface area contributed by atoms with E-state index in [0.29, 0.717) is 6.54 Å². The molecule has 0 saturated carbocycles. The third-order valence-corrected chi connectivity index (χ3v) is 3.21. The predicted molar refractivity (Wildman–Crippen MR) is 83.4 cm³/mol. The molecule has 3 rings (SSSR count). The molecule has 0 spiro atoms. The first-order valence-corrected chi connectivity index (χ1v) is 7.07. The van der Waals surface area contributed by atoms with Crippen LogP contribution < -0.4 is 10.6 Å². The first kappa shape index (κ1) is 14.1. The molecule has 2 N–H and O–H groups in total. The van der Waals surface area contributed by atoms with E-state index in [-0.39, 0.29) is 0 Å². The molecule has 0 amide bonds. The Labute approximate surface area is 127 Å². The summed E-state index contributed by atoms with van der Waals surface area (Å²) in [6, 6.07) is 7.73. The normalized spacial score (nSPS) is 11.8. The fourth-order valence-electron chi connectivity index (χ4n) is 2.12. The lowest BCUT2D eigenvalue weighted by Crippen LogP contribution is -2.38. The minimum atomic E-state index is 0.548. The van der Waals surface area contributed by atoms with Gasteiger partial charge in [0.1, 0.15) is 0 Å². The molecule has 0 aliphatic carbocycles. The van der Waals surface area contributed by atoms with E-state index in [2.05, 4.69) is 30.9 Å². The van der Waals surface area contributed by atoms with Gasteiger partial charge in [-0.3, -0.25) is 14.1 Å². The zero-order chi connectivity index (χ0) is 15.2. The van der Waals surface area contributed by atoms with Gasteiger partial charge in [-0.1, -0.05) is 6.07 Å². The maximum absolute atomic E-state index is 4.19. The van der Waals surface area contributed by atoms with E-state index in [1.807, 2.05) is 45.7 Å². The third kappa shape index (κ3) is 3.22. The van der Waals surface area contributed by atoms with Gasteiger partial charge in [0.05, 0.1) is 13.1 Å². The van der Waals surface area contributed by atoms with Crippen LogP contribution in [-0.4, -0.2) is 43.9 Å². The van der Waals surface area contributed by atoms with Crippen LogP contribution in [0.4, 0.5) is 0 Å². The van der Waals surface area contributed by atoms with Gasteiger partial charge in [0.25, 0.3) is 0 Å². The molecule has 0 aromatic carbocycles.